The van der Waals surface area contributed by atoms with Gasteiger partial charge in [-0.25, -0.2) is 4.68 Å². The first kappa shape index (κ1) is 24.6. The van der Waals surface area contributed by atoms with Gasteiger partial charge in [0.1, 0.15) is 5.75 Å². The van der Waals surface area contributed by atoms with E-state index in [4.69, 9.17) is 14.2 Å². The topological polar surface area (TPSA) is 74.6 Å². The minimum atomic E-state index is -4.49. The van der Waals surface area contributed by atoms with Crippen LogP contribution in [-0.2, 0) is 16.3 Å². The van der Waals surface area contributed by atoms with Gasteiger partial charge >= 0.3 is 6.18 Å². The number of carbonyl (C=O) groups is 1. The van der Waals surface area contributed by atoms with E-state index < -0.39 is 17.6 Å². The summed E-state index contributed by atoms with van der Waals surface area (Å²) >= 11 is 0. The number of benzene rings is 2. The van der Waals surface area contributed by atoms with Crippen LogP contribution in [0.15, 0.2) is 54.7 Å². The number of nitrogens with one attached hydrogen (secondary N) is 1. The number of carbonyl (C=O) groups excluding carboxylic acids is 1. The number of ether oxygens (including phenoxy) is 3. The Balaban J connectivity index is 1.57. The molecular formula is C25H26F3N3O4. The van der Waals surface area contributed by atoms with E-state index in [1.807, 2.05) is 24.3 Å². The summed E-state index contributed by atoms with van der Waals surface area (Å²) in [6, 6.07) is 12.4. The van der Waals surface area contributed by atoms with E-state index in [-0.39, 0.29) is 22.5 Å². The van der Waals surface area contributed by atoms with Gasteiger partial charge in [0, 0.05) is 25.2 Å². The molecule has 35 heavy (non-hydrogen) atoms. The fraction of sp³-hybridized carbons (Fsp3) is 0.360. The molecule has 3 aromatic rings. The Morgan fingerprint density at radius 3 is 2.46 bits per heavy atom. The Hall–Kier alpha value is -3.53. The summed E-state index contributed by atoms with van der Waals surface area (Å²) in [7, 11) is 2.98. The molecule has 1 saturated heterocycles. The maximum absolute atomic E-state index is 13.1. The van der Waals surface area contributed by atoms with Gasteiger partial charge in [0.15, 0.2) is 11.4 Å². The van der Waals surface area contributed by atoms with Crippen molar-refractivity contribution in [3.05, 3.63) is 71.5 Å². The number of alkyl halides is 3. The van der Waals surface area contributed by atoms with Crippen LogP contribution < -0.4 is 14.8 Å². The van der Waals surface area contributed by atoms with Gasteiger partial charge in [-0.15, -0.1) is 0 Å². The molecule has 1 fully saturated rings. The number of rotatable bonds is 7. The van der Waals surface area contributed by atoms with Crippen molar-refractivity contribution in [1.82, 2.24) is 15.1 Å². The molecule has 1 N–H and O–H groups in total. The molecule has 2 aromatic carbocycles. The van der Waals surface area contributed by atoms with Gasteiger partial charge in [0.25, 0.3) is 5.91 Å². The Labute approximate surface area is 200 Å². The summed E-state index contributed by atoms with van der Waals surface area (Å²) in [6.45, 7) is 1.46. The molecule has 7 nitrogen and oxygen atoms in total. The smallest absolute Gasteiger partial charge is 0.416 e. The van der Waals surface area contributed by atoms with Gasteiger partial charge in [-0.05, 0) is 48.7 Å². The predicted molar refractivity (Wildman–Crippen MR) is 122 cm³/mol. The molecule has 1 aliphatic heterocycles. The quantitative estimate of drug-likeness (QED) is 0.533. The van der Waals surface area contributed by atoms with E-state index >= 15 is 0 Å². The van der Waals surface area contributed by atoms with Crippen LogP contribution in [0.5, 0.6) is 11.5 Å². The van der Waals surface area contributed by atoms with Crippen molar-refractivity contribution in [2.45, 2.75) is 24.4 Å². The Morgan fingerprint density at radius 1 is 1.11 bits per heavy atom. The predicted octanol–water partition coefficient (Wildman–Crippen LogP) is 4.39. The first-order valence-electron chi connectivity index (χ1n) is 11.1. The molecule has 0 unspecified atom stereocenters. The van der Waals surface area contributed by atoms with Crippen molar-refractivity contribution in [3.63, 3.8) is 0 Å². The number of aromatic nitrogens is 2. The third-order valence-electron chi connectivity index (χ3n) is 6.29. The highest BCUT2D eigenvalue weighted by molar-refractivity contribution is 5.95. The Morgan fingerprint density at radius 2 is 1.83 bits per heavy atom. The molecule has 0 saturated carbocycles. The van der Waals surface area contributed by atoms with E-state index in [9.17, 15) is 18.0 Å². The van der Waals surface area contributed by atoms with Crippen molar-refractivity contribution < 1.29 is 32.2 Å². The number of methoxy groups -OCH3 is 2. The average Bonchev–Trinajstić information content (AvgIpc) is 3.32. The molecule has 0 aliphatic carbocycles. The lowest BCUT2D eigenvalue weighted by molar-refractivity contribution is -0.137. The highest BCUT2D eigenvalue weighted by atomic mass is 19.4. The molecule has 1 amide bonds. The van der Waals surface area contributed by atoms with Gasteiger partial charge in [0.2, 0.25) is 0 Å². The summed E-state index contributed by atoms with van der Waals surface area (Å²) in [4.78, 5) is 13.1. The third kappa shape index (κ3) is 5.27. The van der Waals surface area contributed by atoms with Gasteiger partial charge in [-0.1, -0.05) is 18.2 Å². The van der Waals surface area contributed by atoms with Crippen LogP contribution in [-0.4, -0.2) is 49.7 Å². The standard InChI is InChI=1S/C25H26F3N3O4/c1-33-20-8-6-17(7-9-20)24(10-12-35-13-11-24)16-29-23(32)22-21(34-2)15-31(30-22)19-5-3-4-18(14-19)25(26,27)28/h3-9,14-15H,10-13,16H2,1-2H3,(H,29,32). The number of hydrogen-bond acceptors (Lipinski definition) is 5. The third-order valence-corrected chi connectivity index (χ3v) is 6.29. The molecular weight excluding hydrogens is 463 g/mol. The maximum Gasteiger partial charge on any atom is 0.416 e. The van der Waals surface area contributed by atoms with Crippen LogP contribution in [0.25, 0.3) is 5.69 Å². The fourth-order valence-corrected chi connectivity index (χ4v) is 4.23. The van der Waals surface area contributed by atoms with Crippen molar-refractivity contribution in [3.8, 4) is 17.2 Å². The van der Waals surface area contributed by atoms with Gasteiger partial charge < -0.3 is 19.5 Å². The van der Waals surface area contributed by atoms with Crippen LogP contribution in [0, 0.1) is 0 Å². The zero-order valence-corrected chi connectivity index (χ0v) is 19.4. The molecule has 0 radical (unpaired) electrons. The Bertz CT molecular complexity index is 1170. The highest BCUT2D eigenvalue weighted by Crippen LogP contribution is 2.35. The van der Waals surface area contributed by atoms with Gasteiger partial charge in [-0.3, -0.25) is 4.79 Å². The first-order chi connectivity index (χ1) is 16.8. The largest absolute Gasteiger partial charge is 0.497 e. The lowest BCUT2D eigenvalue weighted by atomic mass is 9.74. The van der Waals surface area contributed by atoms with Crippen molar-refractivity contribution in [2.24, 2.45) is 0 Å². The van der Waals surface area contributed by atoms with Crippen molar-refractivity contribution >= 4 is 5.91 Å². The number of hydrogen-bond donors (Lipinski definition) is 1. The second kappa shape index (κ2) is 9.99. The van der Waals surface area contributed by atoms with Gasteiger partial charge in [0.05, 0.1) is 31.7 Å². The van der Waals surface area contributed by atoms with Crippen LogP contribution in [0.4, 0.5) is 13.2 Å². The van der Waals surface area contributed by atoms with E-state index in [1.54, 1.807) is 7.11 Å². The minimum absolute atomic E-state index is 0.0122. The molecule has 0 atom stereocenters. The number of halogens is 3. The molecule has 0 bridgehead atoms. The average molecular weight is 489 g/mol. The molecule has 1 aromatic heterocycles. The number of amides is 1. The lowest BCUT2D eigenvalue weighted by Gasteiger charge is -2.38. The number of nitrogens with zero attached hydrogens (tertiary/aromatic N) is 2. The van der Waals surface area contributed by atoms with E-state index in [1.165, 1.54) is 30.1 Å². The van der Waals surface area contributed by atoms with E-state index in [0.29, 0.717) is 19.8 Å². The summed E-state index contributed by atoms with van der Waals surface area (Å²) in [5.74, 6) is 0.419. The molecule has 4 rings (SSSR count). The van der Waals surface area contributed by atoms with Crippen molar-refractivity contribution in [2.75, 3.05) is 34.0 Å². The van der Waals surface area contributed by atoms with E-state index in [2.05, 4.69) is 10.4 Å². The monoisotopic (exact) mass is 489 g/mol. The lowest BCUT2D eigenvalue weighted by Crippen LogP contribution is -2.44. The molecule has 1 aliphatic rings. The molecule has 2 heterocycles. The summed E-state index contributed by atoms with van der Waals surface area (Å²) in [5.41, 5.74) is 0.0646. The molecule has 0 spiro atoms. The summed E-state index contributed by atoms with van der Waals surface area (Å²) in [5, 5.41) is 7.18. The minimum Gasteiger partial charge on any atom is -0.497 e. The summed E-state index contributed by atoms with van der Waals surface area (Å²) < 4.78 is 56.7. The van der Waals surface area contributed by atoms with Crippen LogP contribution in [0.1, 0.15) is 34.5 Å². The zero-order chi connectivity index (χ0) is 25.1. The summed E-state index contributed by atoms with van der Waals surface area (Å²) in [6.07, 6.45) is -1.67. The normalized spacial score (nSPS) is 15.5. The first-order valence-corrected chi connectivity index (χ1v) is 11.1. The second-order valence-corrected chi connectivity index (χ2v) is 8.34. The van der Waals surface area contributed by atoms with Crippen LogP contribution in [0.3, 0.4) is 0 Å². The second-order valence-electron chi connectivity index (χ2n) is 8.34. The van der Waals surface area contributed by atoms with Gasteiger partial charge in [-0.2, -0.15) is 18.3 Å². The van der Waals surface area contributed by atoms with Crippen LogP contribution >= 0.6 is 0 Å². The molecule has 186 valence electrons. The Kier molecular flexibility index (Phi) is 7.02. The molecule has 10 heteroatoms. The highest BCUT2D eigenvalue weighted by Gasteiger charge is 2.36. The fourth-order valence-electron chi connectivity index (χ4n) is 4.23. The van der Waals surface area contributed by atoms with Crippen molar-refractivity contribution in [1.29, 1.82) is 0 Å². The van der Waals surface area contributed by atoms with Crippen LogP contribution in [0.2, 0.25) is 0 Å². The zero-order valence-electron chi connectivity index (χ0n) is 19.4. The van der Waals surface area contributed by atoms with E-state index in [0.717, 1.165) is 36.3 Å². The maximum atomic E-state index is 13.1. The SMILES string of the molecule is COc1ccc(C2(CNC(=O)c3nn(-c4cccc(C(F)(F)F)c4)cc3OC)CCOCC2)cc1.